The molecule has 0 aliphatic heterocycles. The second kappa shape index (κ2) is 8.41. The fourth-order valence-electron chi connectivity index (χ4n) is 2.32. The number of carbonyl (C=O) groups is 2. The molecule has 0 bridgehead atoms. The molecule has 0 saturated carbocycles. The highest BCUT2D eigenvalue weighted by molar-refractivity contribution is 5.77. The van der Waals surface area contributed by atoms with E-state index in [4.69, 9.17) is 9.63 Å². The number of aromatic nitrogens is 2. The van der Waals surface area contributed by atoms with Crippen LogP contribution in [0.25, 0.3) is 0 Å². The van der Waals surface area contributed by atoms with Crippen molar-refractivity contribution in [2.75, 3.05) is 0 Å². The van der Waals surface area contributed by atoms with E-state index in [1.165, 1.54) is 0 Å². The van der Waals surface area contributed by atoms with Crippen molar-refractivity contribution in [3.63, 3.8) is 0 Å². The first-order chi connectivity index (χ1) is 11.8. The van der Waals surface area contributed by atoms with E-state index in [9.17, 15) is 9.59 Å². The van der Waals surface area contributed by atoms with E-state index in [2.05, 4.69) is 15.5 Å². The van der Waals surface area contributed by atoms with E-state index in [-0.39, 0.29) is 24.7 Å². The number of hydrogen-bond acceptors (Lipinski definition) is 5. The minimum absolute atomic E-state index is 0.154. The molecule has 1 heterocycles. The van der Waals surface area contributed by atoms with E-state index in [1.807, 2.05) is 45.0 Å². The predicted molar refractivity (Wildman–Crippen MR) is 91.0 cm³/mol. The molecule has 0 unspecified atom stereocenters. The van der Waals surface area contributed by atoms with Crippen molar-refractivity contribution in [3.8, 4) is 0 Å². The molecule has 0 spiro atoms. The summed E-state index contributed by atoms with van der Waals surface area (Å²) < 4.78 is 5.11. The van der Waals surface area contributed by atoms with Crippen LogP contribution in [-0.2, 0) is 16.0 Å². The molecule has 7 nitrogen and oxygen atoms in total. The van der Waals surface area contributed by atoms with Crippen molar-refractivity contribution in [2.24, 2.45) is 0 Å². The maximum absolute atomic E-state index is 12.2. The Bertz CT molecular complexity index is 722. The normalized spacial score (nSPS) is 12.2. The Kier molecular flexibility index (Phi) is 6.27. The number of carbonyl (C=O) groups excluding carboxylic acids is 1. The lowest BCUT2D eigenvalue weighted by Gasteiger charge is -2.17. The van der Waals surface area contributed by atoms with Crippen molar-refractivity contribution < 1.29 is 19.2 Å². The number of rotatable bonds is 8. The molecule has 0 aliphatic carbocycles. The highest BCUT2D eigenvalue weighted by Gasteiger charge is 2.19. The minimum atomic E-state index is -0.968. The summed E-state index contributed by atoms with van der Waals surface area (Å²) >= 11 is 0. The van der Waals surface area contributed by atoms with Crippen LogP contribution in [0.2, 0.25) is 0 Å². The second-order valence-electron chi connectivity index (χ2n) is 6.33. The molecule has 25 heavy (non-hydrogen) atoms. The van der Waals surface area contributed by atoms with Gasteiger partial charge in [-0.05, 0) is 12.5 Å². The number of nitrogens with zero attached hydrogens (tertiary/aromatic N) is 2. The summed E-state index contributed by atoms with van der Waals surface area (Å²) in [5.41, 5.74) is 1.84. The van der Waals surface area contributed by atoms with Gasteiger partial charge in [-0.15, -0.1) is 0 Å². The van der Waals surface area contributed by atoms with Crippen LogP contribution in [0.4, 0.5) is 0 Å². The first-order valence-corrected chi connectivity index (χ1v) is 8.25. The fourth-order valence-corrected chi connectivity index (χ4v) is 2.32. The van der Waals surface area contributed by atoms with Gasteiger partial charge >= 0.3 is 5.97 Å². The Balaban J connectivity index is 1.96. The van der Waals surface area contributed by atoms with Gasteiger partial charge in [0.15, 0.2) is 5.82 Å². The predicted octanol–water partition coefficient (Wildman–Crippen LogP) is 2.77. The van der Waals surface area contributed by atoms with Gasteiger partial charge in [-0.25, -0.2) is 0 Å². The van der Waals surface area contributed by atoms with Crippen LogP contribution in [0.5, 0.6) is 0 Å². The molecule has 134 valence electrons. The second-order valence-corrected chi connectivity index (χ2v) is 6.33. The van der Waals surface area contributed by atoms with Crippen LogP contribution >= 0.6 is 0 Å². The third kappa shape index (κ3) is 5.70. The van der Waals surface area contributed by atoms with Gasteiger partial charge in [-0.1, -0.05) is 48.8 Å². The highest BCUT2D eigenvalue weighted by Crippen LogP contribution is 2.18. The van der Waals surface area contributed by atoms with Gasteiger partial charge in [0.05, 0.1) is 12.5 Å². The van der Waals surface area contributed by atoms with Gasteiger partial charge in [0, 0.05) is 18.8 Å². The molecule has 7 heteroatoms. The molecular formula is C18H23N3O4. The lowest BCUT2D eigenvalue weighted by atomic mass is 10.0. The summed E-state index contributed by atoms with van der Waals surface area (Å²) in [5, 5.41) is 15.7. The maximum Gasteiger partial charge on any atom is 0.305 e. The molecule has 1 amide bonds. The van der Waals surface area contributed by atoms with Crippen molar-refractivity contribution in [3.05, 3.63) is 47.1 Å². The van der Waals surface area contributed by atoms with Crippen molar-refractivity contribution in [1.29, 1.82) is 0 Å². The average molecular weight is 345 g/mol. The number of aryl methyl sites for hydroxylation is 2. The molecule has 0 radical (unpaired) electrons. The number of carboxylic acids is 1. The Hall–Kier alpha value is -2.70. The van der Waals surface area contributed by atoms with Crippen molar-refractivity contribution in [1.82, 2.24) is 15.5 Å². The summed E-state index contributed by atoms with van der Waals surface area (Å²) in [6.45, 7) is 5.86. The zero-order chi connectivity index (χ0) is 18.4. The van der Waals surface area contributed by atoms with E-state index >= 15 is 0 Å². The lowest BCUT2D eigenvalue weighted by molar-refractivity contribution is -0.137. The number of nitrogens with one attached hydrogen (secondary N) is 1. The topological polar surface area (TPSA) is 105 Å². The highest BCUT2D eigenvalue weighted by atomic mass is 16.5. The zero-order valence-electron chi connectivity index (χ0n) is 14.7. The third-order valence-corrected chi connectivity index (χ3v) is 3.76. The zero-order valence-corrected chi connectivity index (χ0v) is 14.7. The number of aliphatic carboxylic acids is 1. The van der Waals surface area contributed by atoms with E-state index in [0.717, 1.165) is 11.1 Å². The number of benzene rings is 1. The summed E-state index contributed by atoms with van der Waals surface area (Å²) in [5.74, 6) is -0.0453. The van der Waals surface area contributed by atoms with Gasteiger partial charge < -0.3 is 14.9 Å². The molecule has 2 rings (SSSR count). The lowest BCUT2D eigenvalue weighted by Crippen LogP contribution is -2.30. The minimum Gasteiger partial charge on any atom is -0.481 e. The third-order valence-electron chi connectivity index (χ3n) is 3.76. The summed E-state index contributed by atoms with van der Waals surface area (Å²) in [4.78, 5) is 27.5. The summed E-state index contributed by atoms with van der Waals surface area (Å²) in [7, 11) is 0. The van der Waals surface area contributed by atoms with Gasteiger partial charge in [0.25, 0.3) is 0 Å². The quantitative estimate of drug-likeness (QED) is 0.762. The molecule has 0 fully saturated rings. The molecule has 0 aliphatic rings. The van der Waals surface area contributed by atoms with Crippen molar-refractivity contribution >= 4 is 11.9 Å². The smallest absolute Gasteiger partial charge is 0.305 e. The number of carboxylic acid groups (broad SMARTS) is 1. The molecule has 2 aromatic rings. The largest absolute Gasteiger partial charge is 0.481 e. The molecular weight excluding hydrogens is 322 g/mol. The van der Waals surface area contributed by atoms with Crippen LogP contribution in [0.1, 0.15) is 61.5 Å². The Morgan fingerprint density at radius 3 is 2.48 bits per heavy atom. The SMILES string of the molecule is Cc1ccc([C@H](CC(=O)O)NC(=O)CCc2nc(C(C)C)no2)cc1. The fraction of sp³-hybridized carbons (Fsp3) is 0.444. The molecule has 0 saturated heterocycles. The van der Waals surface area contributed by atoms with Crippen LogP contribution in [-0.4, -0.2) is 27.1 Å². The monoisotopic (exact) mass is 345 g/mol. The molecule has 2 N–H and O–H groups in total. The van der Waals surface area contributed by atoms with Crippen LogP contribution < -0.4 is 5.32 Å². The molecule has 1 aromatic heterocycles. The van der Waals surface area contributed by atoms with E-state index < -0.39 is 12.0 Å². The Labute approximate surface area is 146 Å². The maximum atomic E-state index is 12.2. The average Bonchev–Trinajstić information content (AvgIpc) is 3.02. The van der Waals surface area contributed by atoms with Crippen LogP contribution in [0, 0.1) is 6.92 Å². The van der Waals surface area contributed by atoms with E-state index in [1.54, 1.807) is 0 Å². The van der Waals surface area contributed by atoms with Gasteiger partial charge in [0.2, 0.25) is 11.8 Å². The first kappa shape index (κ1) is 18.6. The summed E-state index contributed by atoms with van der Waals surface area (Å²) in [6.07, 6.45) is 0.299. The van der Waals surface area contributed by atoms with Crippen LogP contribution in [0.3, 0.4) is 0 Å². The molecule has 1 atom stereocenters. The van der Waals surface area contributed by atoms with Gasteiger partial charge in [0.1, 0.15) is 0 Å². The molecule has 1 aromatic carbocycles. The van der Waals surface area contributed by atoms with Gasteiger partial charge in [-0.3, -0.25) is 9.59 Å². The standard InChI is InChI=1S/C18H23N3O4/c1-11(2)18-20-16(25-21-18)9-8-15(22)19-14(10-17(23)24)13-6-4-12(3)5-7-13/h4-7,11,14H,8-10H2,1-3H3,(H,19,22)(H,23,24)/t14-/m0/s1. The van der Waals surface area contributed by atoms with Crippen LogP contribution in [0.15, 0.2) is 28.8 Å². The first-order valence-electron chi connectivity index (χ1n) is 8.25. The summed E-state index contributed by atoms with van der Waals surface area (Å²) in [6, 6.07) is 6.87. The Morgan fingerprint density at radius 1 is 1.24 bits per heavy atom. The Morgan fingerprint density at radius 2 is 1.92 bits per heavy atom. The number of amides is 1. The van der Waals surface area contributed by atoms with Gasteiger partial charge in [-0.2, -0.15) is 4.98 Å². The number of hydrogen-bond donors (Lipinski definition) is 2. The van der Waals surface area contributed by atoms with Crippen molar-refractivity contribution in [2.45, 2.75) is 52.0 Å². The van der Waals surface area contributed by atoms with E-state index in [0.29, 0.717) is 18.1 Å².